The maximum atomic E-state index is 13.9. The van der Waals surface area contributed by atoms with E-state index < -0.39 is 5.41 Å². The van der Waals surface area contributed by atoms with E-state index in [-0.39, 0.29) is 24.3 Å². The van der Waals surface area contributed by atoms with Gasteiger partial charge in [-0.25, -0.2) is 0 Å². The first kappa shape index (κ1) is 18.4. The first-order valence-electron chi connectivity index (χ1n) is 11.0. The topological polar surface area (TPSA) is 40.6 Å². The number of fused-ring (bicyclic) bond motifs is 6. The Morgan fingerprint density at radius 3 is 2.48 bits per heavy atom. The van der Waals surface area contributed by atoms with E-state index in [0.29, 0.717) is 13.0 Å². The highest BCUT2D eigenvalue weighted by atomic mass is 16.2. The summed E-state index contributed by atoms with van der Waals surface area (Å²) in [4.78, 5) is 31.0. The number of anilines is 1. The Kier molecular flexibility index (Phi) is 4.04. The summed E-state index contributed by atoms with van der Waals surface area (Å²) in [5.74, 6) is -0.113. The molecule has 0 saturated carbocycles. The van der Waals surface area contributed by atoms with Crippen LogP contribution in [0.15, 0.2) is 78.9 Å². The van der Waals surface area contributed by atoms with Crippen LogP contribution in [-0.2, 0) is 28.0 Å². The van der Waals surface area contributed by atoms with E-state index >= 15 is 0 Å². The van der Waals surface area contributed by atoms with Crippen molar-refractivity contribution >= 4 is 17.5 Å². The third kappa shape index (κ3) is 2.67. The number of para-hydroxylation sites is 1. The molecular formula is C27H24N2O2. The van der Waals surface area contributed by atoms with E-state index in [4.69, 9.17) is 0 Å². The van der Waals surface area contributed by atoms with Gasteiger partial charge in [0.2, 0.25) is 11.8 Å². The predicted molar refractivity (Wildman–Crippen MR) is 120 cm³/mol. The summed E-state index contributed by atoms with van der Waals surface area (Å²) in [7, 11) is 0. The molecule has 3 aliphatic heterocycles. The molecule has 3 heterocycles. The Morgan fingerprint density at radius 1 is 0.871 bits per heavy atom. The minimum absolute atomic E-state index is 0.0449. The number of hydrogen-bond acceptors (Lipinski definition) is 3. The molecule has 4 nitrogen and oxygen atoms in total. The second-order valence-electron chi connectivity index (χ2n) is 8.91. The van der Waals surface area contributed by atoms with Crippen molar-refractivity contribution in [2.45, 2.75) is 37.3 Å². The lowest BCUT2D eigenvalue weighted by Crippen LogP contribution is -2.49. The van der Waals surface area contributed by atoms with Crippen molar-refractivity contribution in [3.05, 3.63) is 101 Å². The molecule has 3 aliphatic rings. The molecule has 0 bridgehead atoms. The van der Waals surface area contributed by atoms with Crippen LogP contribution in [0, 0.1) is 0 Å². The van der Waals surface area contributed by atoms with Gasteiger partial charge in [0.15, 0.2) is 0 Å². The molecule has 0 radical (unpaired) electrons. The van der Waals surface area contributed by atoms with Gasteiger partial charge in [-0.1, -0.05) is 72.8 Å². The average Bonchev–Trinajstić information content (AvgIpc) is 3.04. The lowest BCUT2D eigenvalue weighted by atomic mass is 9.68. The van der Waals surface area contributed by atoms with Crippen LogP contribution in [0.4, 0.5) is 5.69 Å². The van der Waals surface area contributed by atoms with E-state index in [1.165, 1.54) is 16.0 Å². The van der Waals surface area contributed by atoms with Crippen LogP contribution in [0.1, 0.15) is 41.1 Å². The minimum atomic E-state index is -0.784. The highest BCUT2D eigenvalue weighted by Crippen LogP contribution is 2.54. The van der Waals surface area contributed by atoms with Crippen molar-refractivity contribution in [3.8, 4) is 0 Å². The fraction of sp³-hybridized carbons (Fsp3) is 0.259. The Bertz CT molecular complexity index is 1190. The zero-order chi connectivity index (χ0) is 21.0. The van der Waals surface area contributed by atoms with Gasteiger partial charge in [-0.15, -0.1) is 0 Å². The Balaban J connectivity index is 1.46. The molecule has 2 amide bonds. The number of likely N-dealkylation sites (tertiary alicyclic amines) is 1. The highest BCUT2D eigenvalue weighted by molar-refractivity contribution is 6.10. The van der Waals surface area contributed by atoms with Gasteiger partial charge >= 0.3 is 0 Å². The van der Waals surface area contributed by atoms with Crippen molar-refractivity contribution in [2.24, 2.45) is 0 Å². The van der Waals surface area contributed by atoms with Gasteiger partial charge in [-0.2, -0.15) is 0 Å². The monoisotopic (exact) mass is 408 g/mol. The first-order chi connectivity index (χ1) is 15.2. The van der Waals surface area contributed by atoms with Gasteiger partial charge in [0.05, 0.1) is 18.0 Å². The van der Waals surface area contributed by atoms with Crippen LogP contribution in [0.3, 0.4) is 0 Å². The van der Waals surface area contributed by atoms with Crippen LogP contribution in [0.25, 0.3) is 0 Å². The molecule has 1 fully saturated rings. The van der Waals surface area contributed by atoms with E-state index in [1.54, 1.807) is 0 Å². The molecule has 2 atom stereocenters. The maximum Gasteiger partial charge on any atom is 0.240 e. The third-order valence-corrected chi connectivity index (χ3v) is 7.28. The molecule has 6 rings (SSSR count). The molecule has 0 aromatic heterocycles. The second-order valence-corrected chi connectivity index (χ2v) is 8.91. The van der Waals surface area contributed by atoms with Gasteiger partial charge in [0, 0.05) is 18.7 Å². The van der Waals surface area contributed by atoms with Gasteiger partial charge < -0.3 is 4.90 Å². The number of nitrogens with zero attached hydrogens (tertiary/aromatic N) is 2. The van der Waals surface area contributed by atoms with Crippen molar-refractivity contribution in [3.63, 3.8) is 0 Å². The lowest BCUT2D eigenvalue weighted by Gasteiger charge is -2.48. The van der Waals surface area contributed by atoms with Crippen LogP contribution in [0.2, 0.25) is 0 Å². The van der Waals surface area contributed by atoms with Crippen LogP contribution >= 0.6 is 0 Å². The number of rotatable bonds is 2. The molecule has 0 N–H and O–H groups in total. The zero-order valence-corrected chi connectivity index (χ0v) is 17.3. The minimum Gasteiger partial charge on any atom is -0.364 e. The molecule has 3 aromatic rings. The molecule has 1 spiro atoms. The van der Waals surface area contributed by atoms with Crippen molar-refractivity contribution in [1.82, 2.24) is 4.90 Å². The number of imide groups is 1. The highest BCUT2D eigenvalue weighted by Gasteiger charge is 2.57. The van der Waals surface area contributed by atoms with Crippen LogP contribution in [-0.4, -0.2) is 23.3 Å². The summed E-state index contributed by atoms with van der Waals surface area (Å²) in [6.07, 6.45) is 1.90. The third-order valence-electron chi connectivity index (χ3n) is 7.28. The largest absolute Gasteiger partial charge is 0.364 e. The average molecular weight is 409 g/mol. The van der Waals surface area contributed by atoms with Crippen molar-refractivity contribution in [1.29, 1.82) is 0 Å². The summed E-state index contributed by atoms with van der Waals surface area (Å²) in [6.45, 7) is 1.28. The standard InChI is InChI=1S/C27H24N2O2/c30-25-17-27(26(31)29(25)18-19-8-2-1-3-9-19)16-24-21-11-5-4-10-20(21)14-15-28(24)23-13-7-6-12-22(23)27/h1-13,24H,14-18H2. The number of hydrogen-bond donors (Lipinski definition) is 0. The number of amides is 2. The second kappa shape index (κ2) is 6.81. The summed E-state index contributed by atoms with van der Waals surface area (Å²) in [5, 5.41) is 0. The maximum absolute atomic E-state index is 13.9. The molecule has 4 heteroatoms. The number of benzene rings is 3. The molecule has 31 heavy (non-hydrogen) atoms. The molecular weight excluding hydrogens is 384 g/mol. The van der Waals surface area contributed by atoms with Gasteiger partial charge in [-0.05, 0) is 41.2 Å². The van der Waals surface area contributed by atoms with Gasteiger partial charge in [-0.3, -0.25) is 14.5 Å². The molecule has 1 saturated heterocycles. The number of carbonyl (C=O) groups is 2. The Labute approximate surface area is 182 Å². The quantitative estimate of drug-likeness (QED) is 0.591. The first-order valence-corrected chi connectivity index (χ1v) is 11.0. The van der Waals surface area contributed by atoms with Gasteiger partial charge in [0.25, 0.3) is 0 Å². The van der Waals surface area contributed by atoms with Crippen molar-refractivity contribution in [2.75, 3.05) is 11.4 Å². The normalized spacial score (nSPS) is 24.2. The lowest BCUT2D eigenvalue weighted by molar-refractivity contribution is -0.140. The zero-order valence-electron chi connectivity index (χ0n) is 17.3. The van der Waals surface area contributed by atoms with Crippen LogP contribution < -0.4 is 4.90 Å². The Hall–Kier alpha value is -3.40. The molecule has 154 valence electrons. The van der Waals surface area contributed by atoms with E-state index in [1.807, 2.05) is 42.5 Å². The molecule has 2 unspecified atom stereocenters. The smallest absolute Gasteiger partial charge is 0.240 e. The summed E-state index contributed by atoms with van der Waals surface area (Å²) >= 11 is 0. The fourth-order valence-electron chi connectivity index (χ4n) is 5.83. The van der Waals surface area contributed by atoms with E-state index in [2.05, 4.69) is 41.3 Å². The van der Waals surface area contributed by atoms with Gasteiger partial charge in [0.1, 0.15) is 0 Å². The number of carbonyl (C=O) groups excluding carboxylic acids is 2. The predicted octanol–water partition coefficient (Wildman–Crippen LogP) is 4.39. The van der Waals surface area contributed by atoms with E-state index in [0.717, 1.165) is 29.8 Å². The summed E-state index contributed by atoms with van der Waals surface area (Å²) < 4.78 is 0. The SMILES string of the molecule is O=C1CC2(CC3c4ccccc4CCN3c3ccccc32)C(=O)N1Cc1ccccc1. The summed E-state index contributed by atoms with van der Waals surface area (Å²) in [5.41, 5.74) is 4.97. The van der Waals surface area contributed by atoms with E-state index in [9.17, 15) is 9.59 Å². The molecule has 0 aliphatic carbocycles. The fourth-order valence-corrected chi connectivity index (χ4v) is 5.83. The Morgan fingerprint density at radius 2 is 1.61 bits per heavy atom. The van der Waals surface area contributed by atoms with Crippen molar-refractivity contribution < 1.29 is 9.59 Å². The summed E-state index contributed by atoms with van der Waals surface area (Å²) in [6, 6.07) is 26.7. The van der Waals surface area contributed by atoms with Crippen LogP contribution in [0.5, 0.6) is 0 Å². The molecule has 3 aromatic carbocycles.